The molecule has 0 aliphatic carbocycles. The average molecular weight is 280 g/mol. The largest absolute Gasteiger partial charge is 0.308 e. The Bertz CT molecular complexity index is 519. The van der Waals surface area contributed by atoms with Crippen LogP contribution in [0.1, 0.15) is 28.5 Å². The Morgan fingerprint density at radius 2 is 2.06 bits per heavy atom. The molecule has 0 amide bonds. The smallest absolute Gasteiger partial charge is 0.0438 e. The summed E-state index contributed by atoms with van der Waals surface area (Å²) >= 11 is 7.94. The van der Waals surface area contributed by atoms with E-state index in [-0.39, 0.29) is 0 Å². The predicted octanol–water partition coefficient (Wildman–Crippen LogP) is 4.56. The highest BCUT2D eigenvalue weighted by Gasteiger charge is 2.02. The molecule has 3 heteroatoms. The van der Waals surface area contributed by atoms with Gasteiger partial charge in [-0.15, -0.1) is 11.3 Å². The Morgan fingerprint density at radius 1 is 1.22 bits per heavy atom. The summed E-state index contributed by atoms with van der Waals surface area (Å²) < 4.78 is 0. The van der Waals surface area contributed by atoms with Crippen LogP contribution < -0.4 is 5.32 Å². The maximum Gasteiger partial charge on any atom is 0.0438 e. The zero-order valence-electron chi connectivity index (χ0n) is 10.8. The number of aryl methyl sites for hydroxylation is 2. The fourth-order valence-corrected chi connectivity index (χ4v) is 3.05. The molecule has 0 saturated carbocycles. The standard InChI is InChI=1S/C15H18ClNS/c1-3-13-6-7-18-15(13)10-17-9-12-5-4-11(2)14(16)8-12/h4-8,17H,3,9-10H2,1-2H3. The maximum absolute atomic E-state index is 6.11. The van der Waals surface area contributed by atoms with Gasteiger partial charge in [0, 0.05) is 23.0 Å². The van der Waals surface area contributed by atoms with Crippen molar-refractivity contribution in [2.24, 2.45) is 0 Å². The lowest BCUT2D eigenvalue weighted by molar-refractivity contribution is 0.697. The first-order valence-corrected chi connectivity index (χ1v) is 7.47. The van der Waals surface area contributed by atoms with Gasteiger partial charge in [-0.25, -0.2) is 0 Å². The van der Waals surface area contributed by atoms with Gasteiger partial charge in [-0.05, 0) is 47.5 Å². The number of halogens is 1. The van der Waals surface area contributed by atoms with E-state index < -0.39 is 0 Å². The van der Waals surface area contributed by atoms with E-state index in [1.54, 1.807) is 0 Å². The summed E-state index contributed by atoms with van der Waals surface area (Å²) in [5, 5.41) is 6.49. The lowest BCUT2D eigenvalue weighted by Crippen LogP contribution is -2.12. The van der Waals surface area contributed by atoms with Gasteiger partial charge in [0.1, 0.15) is 0 Å². The molecule has 1 aromatic heterocycles. The average Bonchev–Trinajstić information content (AvgIpc) is 2.81. The lowest BCUT2D eigenvalue weighted by Gasteiger charge is -2.07. The van der Waals surface area contributed by atoms with E-state index in [1.165, 1.54) is 16.0 Å². The molecule has 1 nitrogen and oxygen atoms in total. The van der Waals surface area contributed by atoms with Crippen LogP contribution in [-0.2, 0) is 19.5 Å². The van der Waals surface area contributed by atoms with Crippen LogP contribution in [0.5, 0.6) is 0 Å². The Balaban J connectivity index is 1.90. The molecular weight excluding hydrogens is 262 g/mol. The van der Waals surface area contributed by atoms with Crippen LogP contribution >= 0.6 is 22.9 Å². The number of rotatable bonds is 5. The first kappa shape index (κ1) is 13.6. The van der Waals surface area contributed by atoms with E-state index in [2.05, 4.69) is 35.8 Å². The molecule has 96 valence electrons. The number of benzene rings is 1. The summed E-state index contributed by atoms with van der Waals surface area (Å²) in [4.78, 5) is 1.44. The summed E-state index contributed by atoms with van der Waals surface area (Å²) in [7, 11) is 0. The van der Waals surface area contributed by atoms with Gasteiger partial charge in [-0.1, -0.05) is 30.7 Å². The Hall–Kier alpha value is -0.830. The second-order valence-electron chi connectivity index (χ2n) is 4.41. The minimum Gasteiger partial charge on any atom is -0.308 e. The summed E-state index contributed by atoms with van der Waals surface area (Å²) in [5.74, 6) is 0. The highest BCUT2D eigenvalue weighted by atomic mass is 35.5. The summed E-state index contributed by atoms with van der Waals surface area (Å²) in [6.07, 6.45) is 1.11. The van der Waals surface area contributed by atoms with Crippen molar-refractivity contribution in [2.75, 3.05) is 0 Å². The van der Waals surface area contributed by atoms with E-state index in [9.17, 15) is 0 Å². The van der Waals surface area contributed by atoms with Crippen LogP contribution in [0.4, 0.5) is 0 Å². The third-order valence-corrected chi connectivity index (χ3v) is 4.44. The van der Waals surface area contributed by atoms with Gasteiger partial charge in [0.2, 0.25) is 0 Å². The molecule has 0 saturated heterocycles. The molecule has 0 fully saturated rings. The van der Waals surface area contributed by atoms with Crippen LogP contribution in [0, 0.1) is 6.92 Å². The minimum atomic E-state index is 0.847. The summed E-state index contributed by atoms with van der Waals surface area (Å²) in [5.41, 5.74) is 3.82. The normalized spacial score (nSPS) is 10.8. The zero-order valence-corrected chi connectivity index (χ0v) is 12.4. The van der Waals surface area contributed by atoms with Crippen molar-refractivity contribution in [1.82, 2.24) is 5.32 Å². The molecule has 0 radical (unpaired) electrons. The van der Waals surface area contributed by atoms with Crippen LogP contribution in [0.15, 0.2) is 29.6 Å². The summed E-state index contributed by atoms with van der Waals surface area (Å²) in [6, 6.07) is 8.45. The molecule has 0 aliphatic rings. The lowest BCUT2D eigenvalue weighted by atomic mass is 10.1. The van der Waals surface area contributed by atoms with Crippen LogP contribution in [0.3, 0.4) is 0 Å². The molecule has 0 unspecified atom stereocenters. The zero-order chi connectivity index (χ0) is 13.0. The molecule has 2 aromatic rings. The number of hydrogen-bond acceptors (Lipinski definition) is 2. The second kappa shape index (κ2) is 6.37. The molecular formula is C15H18ClNS. The fraction of sp³-hybridized carbons (Fsp3) is 0.333. The topological polar surface area (TPSA) is 12.0 Å². The number of hydrogen-bond donors (Lipinski definition) is 1. The maximum atomic E-state index is 6.11. The van der Waals surface area contributed by atoms with Gasteiger partial charge < -0.3 is 5.32 Å². The Kier molecular flexibility index (Phi) is 4.81. The molecule has 1 heterocycles. The van der Waals surface area contributed by atoms with Crippen molar-refractivity contribution < 1.29 is 0 Å². The molecule has 0 aliphatic heterocycles. The molecule has 2 rings (SSSR count). The van der Waals surface area contributed by atoms with Gasteiger partial charge in [0.15, 0.2) is 0 Å². The monoisotopic (exact) mass is 279 g/mol. The van der Waals surface area contributed by atoms with Crippen LogP contribution in [0.2, 0.25) is 5.02 Å². The Labute approximate surface area is 118 Å². The Morgan fingerprint density at radius 3 is 2.78 bits per heavy atom. The minimum absolute atomic E-state index is 0.847. The molecule has 0 spiro atoms. The van der Waals surface area contributed by atoms with Crippen molar-refractivity contribution in [2.45, 2.75) is 33.4 Å². The molecule has 0 atom stereocenters. The van der Waals surface area contributed by atoms with E-state index in [1.807, 2.05) is 24.3 Å². The highest BCUT2D eigenvalue weighted by molar-refractivity contribution is 7.10. The van der Waals surface area contributed by atoms with Crippen LogP contribution in [-0.4, -0.2) is 0 Å². The summed E-state index contributed by atoms with van der Waals surface area (Å²) in [6.45, 7) is 6.03. The van der Waals surface area contributed by atoms with Gasteiger partial charge in [0.05, 0.1) is 0 Å². The van der Waals surface area contributed by atoms with Crippen molar-refractivity contribution in [3.63, 3.8) is 0 Å². The van der Waals surface area contributed by atoms with E-state index in [0.29, 0.717) is 0 Å². The highest BCUT2D eigenvalue weighted by Crippen LogP contribution is 2.18. The van der Waals surface area contributed by atoms with Gasteiger partial charge in [0.25, 0.3) is 0 Å². The van der Waals surface area contributed by atoms with Crippen molar-refractivity contribution in [1.29, 1.82) is 0 Å². The third-order valence-electron chi connectivity index (χ3n) is 3.07. The van der Waals surface area contributed by atoms with E-state index in [0.717, 1.165) is 30.1 Å². The predicted molar refractivity (Wildman–Crippen MR) is 80.4 cm³/mol. The van der Waals surface area contributed by atoms with Gasteiger partial charge >= 0.3 is 0 Å². The fourth-order valence-electron chi connectivity index (χ4n) is 1.90. The molecule has 18 heavy (non-hydrogen) atoms. The van der Waals surface area contributed by atoms with Crippen LogP contribution in [0.25, 0.3) is 0 Å². The second-order valence-corrected chi connectivity index (χ2v) is 5.82. The van der Waals surface area contributed by atoms with Crippen molar-refractivity contribution in [3.05, 3.63) is 56.2 Å². The quantitative estimate of drug-likeness (QED) is 0.846. The van der Waals surface area contributed by atoms with Gasteiger partial charge in [-0.2, -0.15) is 0 Å². The van der Waals surface area contributed by atoms with Crippen molar-refractivity contribution >= 4 is 22.9 Å². The SMILES string of the molecule is CCc1ccsc1CNCc1ccc(C)c(Cl)c1. The van der Waals surface area contributed by atoms with E-state index in [4.69, 9.17) is 11.6 Å². The molecule has 1 aromatic carbocycles. The van der Waals surface area contributed by atoms with Crippen molar-refractivity contribution in [3.8, 4) is 0 Å². The first-order valence-electron chi connectivity index (χ1n) is 6.21. The molecule has 0 bridgehead atoms. The van der Waals surface area contributed by atoms with E-state index >= 15 is 0 Å². The number of nitrogens with one attached hydrogen (secondary N) is 1. The molecule has 1 N–H and O–H groups in total. The first-order chi connectivity index (χ1) is 8.70. The third kappa shape index (κ3) is 3.35. The number of thiophene rings is 1. The van der Waals surface area contributed by atoms with Gasteiger partial charge in [-0.3, -0.25) is 0 Å².